The maximum absolute atomic E-state index is 11.9. The summed E-state index contributed by atoms with van der Waals surface area (Å²) < 4.78 is 23.2. The van der Waals surface area contributed by atoms with Gasteiger partial charge in [0.25, 0.3) is 0 Å². The highest BCUT2D eigenvalue weighted by atomic mass is 35.5. The van der Waals surface area contributed by atoms with Crippen molar-refractivity contribution >= 4 is 52.1 Å². The highest BCUT2D eigenvalue weighted by Crippen LogP contribution is 2.33. The zero-order chi connectivity index (χ0) is 25.3. The molecule has 33 heavy (non-hydrogen) atoms. The summed E-state index contributed by atoms with van der Waals surface area (Å²) in [6.07, 6.45) is -2.90. The van der Waals surface area contributed by atoms with E-state index in [0.29, 0.717) is 26.9 Å². The monoisotopic (exact) mass is 504 g/mol. The lowest BCUT2D eigenvalue weighted by molar-refractivity contribution is -0.186. The number of benzene rings is 1. The summed E-state index contributed by atoms with van der Waals surface area (Å²) in [7, 11) is 1.42. The number of imidazole rings is 1. The highest BCUT2D eigenvalue weighted by molar-refractivity contribution is 6.42. The summed E-state index contributed by atoms with van der Waals surface area (Å²) in [5.74, 6) is -1.17. The molecule has 0 bridgehead atoms. The van der Waals surface area contributed by atoms with Crippen LogP contribution in [0.1, 0.15) is 53.1 Å². The topological polar surface area (TPSA) is 106 Å². The number of methoxy groups -OCH3 is 1. The first-order valence-corrected chi connectivity index (χ1v) is 11.1. The molecule has 3 atom stereocenters. The molecule has 0 radical (unpaired) electrons. The summed E-state index contributed by atoms with van der Waals surface area (Å²) in [5, 5.41) is 0.643. The predicted molar refractivity (Wildman–Crippen MR) is 124 cm³/mol. The Hall–Kier alpha value is -2.36. The van der Waals surface area contributed by atoms with Gasteiger partial charge in [-0.3, -0.25) is 19.0 Å². The molecular weight excluding hydrogens is 475 g/mol. The fraction of sp³-hybridized carbons (Fsp3) is 0.545. The molecule has 0 N–H and O–H groups in total. The van der Waals surface area contributed by atoms with Crippen LogP contribution >= 0.6 is 23.2 Å². The number of hydrogen-bond donors (Lipinski definition) is 0. The third kappa shape index (κ3) is 7.87. The second kappa shape index (κ2) is 13.4. The SMILES string of the molecule is CC.COC(C(OC(C)=O)[C@@H](CCOC(C)=O)OC(C)=O)n1c(C)nc2cc(Cl)c(Cl)cc21. The summed E-state index contributed by atoms with van der Waals surface area (Å²) >= 11 is 12.3. The number of esters is 3. The first-order valence-electron chi connectivity index (χ1n) is 10.4. The molecule has 11 heteroatoms. The average Bonchev–Trinajstić information content (AvgIpc) is 3.03. The van der Waals surface area contributed by atoms with Gasteiger partial charge in [0.1, 0.15) is 11.9 Å². The van der Waals surface area contributed by atoms with E-state index in [9.17, 15) is 14.4 Å². The van der Waals surface area contributed by atoms with E-state index in [1.54, 1.807) is 23.6 Å². The van der Waals surface area contributed by atoms with Crippen LogP contribution in [0.15, 0.2) is 12.1 Å². The lowest BCUT2D eigenvalue weighted by atomic mass is 10.1. The number of fused-ring (bicyclic) bond motifs is 1. The molecule has 1 aromatic carbocycles. The van der Waals surface area contributed by atoms with E-state index in [1.807, 2.05) is 13.8 Å². The van der Waals surface area contributed by atoms with Crippen molar-refractivity contribution in [2.24, 2.45) is 0 Å². The standard InChI is InChI=1S/C20H24Cl2N2O7.C2H6/c1-10-23-16-8-14(21)15(22)9-17(16)24(10)20(28-5)19(31-13(4)27)18(30-12(3)26)6-7-29-11(2)25;1-2/h8-9,18-20H,6-7H2,1-5H3;1-2H3/t18-,19?,20?;/m1./s1. The number of hydrogen-bond acceptors (Lipinski definition) is 8. The first kappa shape index (κ1) is 28.7. The molecule has 1 aromatic heterocycles. The van der Waals surface area contributed by atoms with Crippen LogP contribution in [0.25, 0.3) is 11.0 Å². The van der Waals surface area contributed by atoms with Crippen molar-refractivity contribution in [3.05, 3.63) is 28.0 Å². The maximum Gasteiger partial charge on any atom is 0.303 e. The van der Waals surface area contributed by atoms with Crippen molar-refractivity contribution in [3.8, 4) is 0 Å². The van der Waals surface area contributed by atoms with Crippen molar-refractivity contribution in [1.29, 1.82) is 0 Å². The van der Waals surface area contributed by atoms with Crippen molar-refractivity contribution in [1.82, 2.24) is 9.55 Å². The second-order valence-corrected chi connectivity index (χ2v) is 7.58. The fourth-order valence-electron chi connectivity index (χ4n) is 3.25. The van der Waals surface area contributed by atoms with Gasteiger partial charge in [-0.1, -0.05) is 37.0 Å². The van der Waals surface area contributed by atoms with E-state index in [1.165, 1.54) is 27.9 Å². The number of ether oxygens (including phenoxy) is 4. The Morgan fingerprint density at radius 3 is 2.09 bits per heavy atom. The number of carbonyl (C=O) groups excluding carboxylic acids is 3. The van der Waals surface area contributed by atoms with Gasteiger partial charge in [0.05, 0.1) is 27.7 Å². The lowest BCUT2D eigenvalue weighted by Crippen LogP contribution is -2.43. The van der Waals surface area contributed by atoms with Crippen LogP contribution in [0.4, 0.5) is 0 Å². The van der Waals surface area contributed by atoms with Crippen LogP contribution < -0.4 is 0 Å². The molecule has 0 aliphatic heterocycles. The molecule has 0 aliphatic carbocycles. The van der Waals surface area contributed by atoms with E-state index >= 15 is 0 Å². The third-order valence-corrected chi connectivity index (χ3v) is 5.10. The third-order valence-electron chi connectivity index (χ3n) is 4.38. The molecular formula is C22H30Cl2N2O7. The van der Waals surface area contributed by atoms with E-state index < -0.39 is 36.3 Å². The normalized spacial score (nSPS) is 13.4. The molecule has 2 rings (SSSR count). The molecule has 2 unspecified atom stereocenters. The van der Waals surface area contributed by atoms with Gasteiger partial charge in [0, 0.05) is 34.3 Å². The van der Waals surface area contributed by atoms with E-state index in [2.05, 4.69) is 4.98 Å². The van der Waals surface area contributed by atoms with Crippen molar-refractivity contribution in [2.45, 2.75) is 66.4 Å². The van der Waals surface area contributed by atoms with Crippen LogP contribution in [0, 0.1) is 6.92 Å². The van der Waals surface area contributed by atoms with Crippen LogP contribution in [-0.4, -0.2) is 53.4 Å². The number of nitrogens with zero attached hydrogens (tertiary/aromatic N) is 2. The van der Waals surface area contributed by atoms with E-state index in [0.717, 1.165) is 0 Å². The van der Waals surface area contributed by atoms with Crippen molar-refractivity contribution in [3.63, 3.8) is 0 Å². The minimum Gasteiger partial charge on any atom is -0.466 e. The molecule has 0 amide bonds. The van der Waals surface area contributed by atoms with Crippen molar-refractivity contribution < 1.29 is 33.3 Å². The largest absolute Gasteiger partial charge is 0.466 e. The highest BCUT2D eigenvalue weighted by Gasteiger charge is 2.37. The van der Waals surface area contributed by atoms with Crippen LogP contribution in [0.3, 0.4) is 0 Å². The number of aromatic nitrogens is 2. The quantitative estimate of drug-likeness (QED) is 0.359. The second-order valence-electron chi connectivity index (χ2n) is 6.76. The first-order chi connectivity index (χ1) is 15.5. The Labute approximate surface area is 203 Å². The van der Waals surface area contributed by atoms with Gasteiger partial charge >= 0.3 is 17.9 Å². The average molecular weight is 505 g/mol. The van der Waals surface area contributed by atoms with Crippen LogP contribution in [-0.2, 0) is 33.3 Å². The predicted octanol–water partition coefficient (Wildman–Crippen LogP) is 4.64. The summed E-state index contributed by atoms with van der Waals surface area (Å²) in [6, 6.07) is 3.23. The number of rotatable bonds is 9. The van der Waals surface area contributed by atoms with Gasteiger partial charge in [-0.05, 0) is 19.1 Å². The molecule has 0 saturated carbocycles. The van der Waals surface area contributed by atoms with Gasteiger partial charge in [-0.2, -0.15) is 0 Å². The smallest absolute Gasteiger partial charge is 0.303 e. The Morgan fingerprint density at radius 1 is 1.00 bits per heavy atom. The minimum absolute atomic E-state index is 0.0490. The van der Waals surface area contributed by atoms with Gasteiger partial charge in [0.2, 0.25) is 0 Å². The van der Waals surface area contributed by atoms with Gasteiger partial charge < -0.3 is 18.9 Å². The maximum atomic E-state index is 11.9. The van der Waals surface area contributed by atoms with Gasteiger partial charge in [0.15, 0.2) is 12.3 Å². The van der Waals surface area contributed by atoms with Crippen LogP contribution in [0.5, 0.6) is 0 Å². The molecule has 9 nitrogen and oxygen atoms in total. The summed E-state index contributed by atoms with van der Waals surface area (Å²) in [4.78, 5) is 39.3. The Bertz CT molecular complexity index is 977. The number of carbonyl (C=O) groups is 3. The molecule has 0 fully saturated rings. The number of aryl methyl sites for hydroxylation is 1. The summed E-state index contributed by atoms with van der Waals surface area (Å²) in [6.45, 7) is 9.40. The Morgan fingerprint density at radius 2 is 1.58 bits per heavy atom. The minimum atomic E-state index is -1.08. The zero-order valence-electron chi connectivity index (χ0n) is 19.8. The molecule has 2 aromatic rings. The number of halogens is 2. The zero-order valence-corrected chi connectivity index (χ0v) is 21.3. The molecule has 184 valence electrons. The molecule has 0 spiro atoms. The van der Waals surface area contributed by atoms with E-state index in [-0.39, 0.29) is 13.0 Å². The van der Waals surface area contributed by atoms with Crippen LogP contribution in [0.2, 0.25) is 10.0 Å². The van der Waals surface area contributed by atoms with Gasteiger partial charge in [-0.15, -0.1) is 0 Å². The van der Waals surface area contributed by atoms with Gasteiger partial charge in [-0.25, -0.2) is 4.98 Å². The molecule has 0 saturated heterocycles. The molecule has 0 aliphatic rings. The Kier molecular flexibility index (Phi) is 11.6. The lowest BCUT2D eigenvalue weighted by Gasteiger charge is -2.33. The molecule has 1 heterocycles. The van der Waals surface area contributed by atoms with Crippen molar-refractivity contribution in [2.75, 3.05) is 13.7 Å². The Balaban J connectivity index is 0.00000265. The summed E-state index contributed by atoms with van der Waals surface area (Å²) in [5.41, 5.74) is 1.14. The van der Waals surface area contributed by atoms with E-state index in [4.69, 9.17) is 42.1 Å². The fourth-order valence-corrected chi connectivity index (χ4v) is 3.57.